The first kappa shape index (κ1) is 14.5. The summed E-state index contributed by atoms with van der Waals surface area (Å²) in [6.45, 7) is 5.41. The molecule has 1 N–H and O–H groups in total. The summed E-state index contributed by atoms with van der Waals surface area (Å²) in [4.78, 5) is 12.4. The summed E-state index contributed by atoms with van der Waals surface area (Å²) >= 11 is 0. The number of carbonyl (C=O) groups is 1. The van der Waals surface area contributed by atoms with Gasteiger partial charge in [-0.3, -0.25) is 4.79 Å². The van der Waals surface area contributed by atoms with Gasteiger partial charge in [-0.25, -0.2) is 0 Å². The van der Waals surface area contributed by atoms with Crippen molar-refractivity contribution in [2.75, 3.05) is 18.5 Å². The quantitative estimate of drug-likeness (QED) is 0.909. The van der Waals surface area contributed by atoms with E-state index in [1.165, 1.54) is 0 Å². The molecule has 0 unspecified atom stereocenters. The van der Waals surface area contributed by atoms with E-state index >= 15 is 0 Å². The molecule has 0 radical (unpaired) electrons. The fourth-order valence-electron chi connectivity index (χ4n) is 3.21. The van der Waals surface area contributed by atoms with Gasteiger partial charge in [-0.1, -0.05) is 12.1 Å². The van der Waals surface area contributed by atoms with Crippen LogP contribution in [0.15, 0.2) is 18.2 Å². The van der Waals surface area contributed by atoms with E-state index in [0.717, 1.165) is 42.5 Å². The standard InChI is InChI=1S/C17H23NO3/c1-12-3-4-13(2)15(11-12)18-16(19)14-5-7-17(8-6-14)20-9-10-21-17/h3-4,11,14H,5-10H2,1-2H3,(H,18,19). The molecule has 1 heterocycles. The number of benzene rings is 1. The van der Waals surface area contributed by atoms with E-state index in [4.69, 9.17) is 9.47 Å². The highest BCUT2D eigenvalue weighted by molar-refractivity contribution is 5.93. The van der Waals surface area contributed by atoms with E-state index in [9.17, 15) is 4.79 Å². The van der Waals surface area contributed by atoms with Crippen molar-refractivity contribution >= 4 is 11.6 Å². The number of anilines is 1. The zero-order valence-electron chi connectivity index (χ0n) is 12.8. The second kappa shape index (κ2) is 5.78. The van der Waals surface area contributed by atoms with E-state index in [-0.39, 0.29) is 11.8 Å². The van der Waals surface area contributed by atoms with Crippen molar-refractivity contribution in [2.45, 2.75) is 45.3 Å². The number of aryl methyl sites for hydroxylation is 2. The molecule has 1 saturated heterocycles. The largest absolute Gasteiger partial charge is 0.348 e. The lowest BCUT2D eigenvalue weighted by Crippen LogP contribution is -2.38. The van der Waals surface area contributed by atoms with Crippen molar-refractivity contribution in [1.29, 1.82) is 0 Å². The van der Waals surface area contributed by atoms with Gasteiger partial charge in [0.15, 0.2) is 5.79 Å². The summed E-state index contributed by atoms with van der Waals surface area (Å²) in [5, 5.41) is 3.08. The topological polar surface area (TPSA) is 47.6 Å². The summed E-state index contributed by atoms with van der Waals surface area (Å²) in [6.07, 6.45) is 3.29. The third-order valence-corrected chi connectivity index (χ3v) is 4.58. The van der Waals surface area contributed by atoms with Crippen LogP contribution in [0.1, 0.15) is 36.8 Å². The van der Waals surface area contributed by atoms with Crippen molar-refractivity contribution in [3.05, 3.63) is 29.3 Å². The molecule has 4 heteroatoms. The predicted octanol–water partition coefficient (Wildman–Crippen LogP) is 3.18. The average molecular weight is 289 g/mol. The molecule has 1 spiro atoms. The molecule has 3 rings (SSSR count). The molecule has 1 amide bonds. The molecule has 1 aromatic rings. The van der Waals surface area contributed by atoms with Crippen LogP contribution in [0.2, 0.25) is 0 Å². The minimum absolute atomic E-state index is 0.0586. The van der Waals surface area contributed by atoms with E-state index in [0.29, 0.717) is 13.2 Å². The third-order valence-electron chi connectivity index (χ3n) is 4.58. The number of hydrogen-bond acceptors (Lipinski definition) is 3. The number of hydrogen-bond donors (Lipinski definition) is 1. The maximum absolute atomic E-state index is 12.4. The van der Waals surface area contributed by atoms with Crippen LogP contribution in [-0.4, -0.2) is 24.9 Å². The fraction of sp³-hybridized carbons (Fsp3) is 0.588. The van der Waals surface area contributed by atoms with Gasteiger partial charge in [0, 0.05) is 24.4 Å². The minimum Gasteiger partial charge on any atom is -0.348 e. The Balaban J connectivity index is 1.60. The van der Waals surface area contributed by atoms with Crippen molar-refractivity contribution in [1.82, 2.24) is 0 Å². The van der Waals surface area contributed by atoms with Gasteiger partial charge < -0.3 is 14.8 Å². The molecule has 4 nitrogen and oxygen atoms in total. The maximum Gasteiger partial charge on any atom is 0.227 e. The average Bonchev–Trinajstić information content (AvgIpc) is 2.92. The molecule has 1 saturated carbocycles. The lowest BCUT2D eigenvalue weighted by Gasteiger charge is -2.34. The SMILES string of the molecule is Cc1ccc(C)c(NC(=O)C2CCC3(CC2)OCCO3)c1. The Bertz CT molecular complexity index is 525. The second-order valence-electron chi connectivity index (χ2n) is 6.19. The highest BCUT2D eigenvalue weighted by Gasteiger charge is 2.41. The van der Waals surface area contributed by atoms with Gasteiger partial charge in [0.1, 0.15) is 0 Å². The number of amides is 1. The summed E-state index contributed by atoms with van der Waals surface area (Å²) in [6, 6.07) is 6.13. The molecular weight excluding hydrogens is 266 g/mol. The van der Waals surface area contributed by atoms with Crippen molar-refractivity contribution in [3.8, 4) is 0 Å². The minimum atomic E-state index is -0.393. The van der Waals surface area contributed by atoms with Crippen LogP contribution in [0.3, 0.4) is 0 Å². The number of rotatable bonds is 2. The lowest BCUT2D eigenvalue weighted by molar-refractivity contribution is -0.182. The molecule has 0 bridgehead atoms. The number of carbonyl (C=O) groups excluding carboxylic acids is 1. The Labute approximate surface area is 125 Å². The van der Waals surface area contributed by atoms with E-state index in [1.807, 2.05) is 26.0 Å². The number of nitrogens with one attached hydrogen (secondary N) is 1. The predicted molar refractivity (Wildman–Crippen MR) is 81.1 cm³/mol. The molecule has 0 aromatic heterocycles. The highest BCUT2D eigenvalue weighted by Crippen LogP contribution is 2.38. The second-order valence-corrected chi connectivity index (χ2v) is 6.19. The molecule has 1 aliphatic carbocycles. The van der Waals surface area contributed by atoms with Crippen molar-refractivity contribution in [3.63, 3.8) is 0 Å². The highest BCUT2D eigenvalue weighted by atomic mass is 16.7. The van der Waals surface area contributed by atoms with E-state index < -0.39 is 5.79 Å². The van der Waals surface area contributed by atoms with Gasteiger partial charge in [-0.05, 0) is 43.9 Å². The van der Waals surface area contributed by atoms with Gasteiger partial charge in [-0.2, -0.15) is 0 Å². The number of ether oxygens (including phenoxy) is 2. The van der Waals surface area contributed by atoms with Crippen LogP contribution in [0, 0.1) is 19.8 Å². The molecule has 1 aliphatic heterocycles. The Morgan fingerprint density at radius 2 is 1.86 bits per heavy atom. The zero-order chi connectivity index (χ0) is 14.9. The Hall–Kier alpha value is -1.39. The van der Waals surface area contributed by atoms with Gasteiger partial charge >= 0.3 is 0 Å². The van der Waals surface area contributed by atoms with E-state index in [2.05, 4.69) is 11.4 Å². The first-order chi connectivity index (χ1) is 10.1. The molecule has 21 heavy (non-hydrogen) atoms. The van der Waals surface area contributed by atoms with Crippen LogP contribution in [0.25, 0.3) is 0 Å². The molecule has 2 fully saturated rings. The Morgan fingerprint density at radius 3 is 2.52 bits per heavy atom. The van der Waals surface area contributed by atoms with Crippen LogP contribution < -0.4 is 5.32 Å². The maximum atomic E-state index is 12.4. The van der Waals surface area contributed by atoms with Gasteiger partial charge in [0.2, 0.25) is 5.91 Å². The smallest absolute Gasteiger partial charge is 0.227 e. The van der Waals surface area contributed by atoms with Crippen LogP contribution >= 0.6 is 0 Å². The van der Waals surface area contributed by atoms with Crippen LogP contribution in [0.4, 0.5) is 5.69 Å². The first-order valence-corrected chi connectivity index (χ1v) is 7.74. The third kappa shape index (κ3) is 3.11. The molecule has 1 aromatic carbocycles. The summed E-state index contributed by atoms with van der Waals surface area (Å²) in [7, 11) is 0. The van der Waals surface area contributed by atoms with E-state index in [1.54, 1.807) is 0 Å². The summed E-state index contributed by atoms with van der Waals surface area (Å²) in [5.41, 5.74) is 3.18. The fourth-order valence-corrected chi connectivity index (χ4v) is 3.21. The normalized spacial score (nSPS) is 21.6. The van der Waals surface area contributed by atoms with Crippen LogP contribution in [-0.2, 0) is 14.3 Å². The molecule has 0 atom stereocenters. The van der Waals surface area contributed by atoms with Gasteiger partial charge in [0.05, 0.1) is 13.2 Å². The zero-order valence-corrected chi connectivity index (χ0v) is 12.8. The molecule has 2 aliphatic rings. The van der Waals surface area contributed by atoms with Crippen LogP contribution in [0.5, 0.6) is 0 Å². The summed E-state index contributed by atoms with van der Waals surface area (Å²) < 4.78 is 11.4. The lowest BCUT2D eigenvalue weighted by atomic mass is 9.84. The monoisotopic (exact) mass is 289 g/mol. The molecule has 114 valence electrons. The Morgan fingerprint density at radius 1 is 1.19 bits per heavy atom. The van der Waals surface area contributed by atoms with Gasteiger partial charge in [0.25, 0.3) is 0 Å². The molecular formula is C17H23NO3. The van der Waals surface area contributed by atoms with Gasteiger partial charge in [-0.15, -0.1) is 0 Å². The van der Waals surface area contributed by atoms with Crippen molar-refractivity contribution < 1.29 is 14.3 Å². The first-order valence-electron chi connectivity index (χ1n) is 7.74. The Kier molecular flexibility index (Phi) is 4.00. The van der Waals surface area contributed by atoms with Crippen molar-refractivity contribution in [2.24, 2.45) is 5.92 Å². The summed E-state index contributed by atoms with van der Waals surface area (Å²) in [5.74, 6) is -0.212.